The molecule has 0 amide bonds. The predicted octanol–water partition coefficient (Wildman–Crippen LogP) is 5.32. The van der Waals surface area contributed by atoms with E-state index >= 15 is 0 Å². The Balaban J connectivity index is 2.16. The summed E-state index contributed by atoms with van der Waals surface area (Å²) >= 11 is 0. The molecule has 3 aromatic carbocycles. The van der Waals surface area contributed by atoms with Crippen LogP contribution in [0.3, 0.4) is 0 Å². The molecule has 0 saturated heterocycles. The molecule has 6 nitrogen and oxygen atoms in total. The minimum atomic E-state index is -0.477. The average molecular weight is 475 g/mol. The van der Waals surface area contributed by atoms with E-state index in [0.717, 1.165) is 33.5 Å². The molecule has 0 spiro atoms. The van der Waals surface area contributed by atoms with Crippen LogP contribution in [-0.4, -0.2) is 59.4 Å². The molecular formula is C29H34N2O4. The molecule has 1 heterocycles. The maximum absolute atomic E-state index is 5.74. The van der Waals surface area contributed by atoms with Crippen molar-refractivity contribution in [1.29, 1.82) is 0 Å². The second-order valence-corrected chi connectivity index (χ2v) is 8.89. The van der Waals surface area contributed by atoms with Gasteiger partial charge in [0.05, 0.1) is 34.1 Å². The van der Waals surface area contributed by atoms with E-state index < -0.39 is 5.66 Å². The van der Waals surface area contributed by atoms with Crippen molar-refractivity contribution in [2.45, 2.75) is 12.6 Å². The first-order valence-corrected chi connectivity index (χ1v) is 11.5. The number of fused-ring (bicyclic) bond motifs is 1. The van der Waals surface area contributed by atoms with Gasteiger partial charge in [0.1, 0.15) is 5.66 Å². The Morgan fingerprint density at radius 1 is 0.686 bits per heavy atom. The van der Waals surface area contributed by atoms with Crippen LogP contribution in [0, 0.1) is 0 Å². The van der Waals surface area contributed by atoms with Crippen molar-refractivity contribution in [3.63, 3.8) is 0 Å². The van der Waals surface area contributed by atoms with Crippen LogP contribution in [0.5, 0.6) is 23.0 Å². The molecule has 0 aromatic heterocycles. The first-order chi connectivity index (χ1) is 16.8. The first-order valence-electron chi connectivity index (χ1n) is 11.5. The van der Waals surface area contributed by atoms with Gasteiger partial charge in [-0.25, -0.2) is 0 Å². The summed E-state index contributed by atoms with van der Waals surface area (Å²) in [6.45, 7) is 2.22. The van der Waals surface area contributed by atoms with Gasteiger partial charge in [-0.3, -0.25) is 4.90 Å². The fourth-order valence-corrected chi connectivity index (χ4v) is 4.93. The lowest BCUT2D eigenvalue weighted by molar-refractivity contribution is 0.0391. The van der Waals surface area contributed by atoms with Gasteiger partial charge in [0, 0.05) is 23.7 Å². The molecule has 0 saturated carbocycles. The van der Waals surface area contributed by atoms with Crippen LogP contribution < -0.4 is 18.9 Å². The van der Waals surface area contributed by atoms with Crippen LogP contribution in [-0.2, 0) is 5.66 Å². The molecule has 0 radical (unpaired) electrons. The lowest BCUT2D eigenvalue weighted by Crippen LogP contribution is -2.53. The zero-order valence-corrected chi connectivity index (χ0v) is 21.8. The largest absolute Gasteiger partial charge is 0.493 e. The highest BCUT2D eigenvalue weighted by molar-refractivity contribution is 6.01. The maximum atomic E-state index is 5.74. The van der Waals surface area contributed by atoms with Gasteiger partial charge in [0.15, 0.2) is 23.0 Å². The van der Waals surface area contributed by atoms with Gasteiger partial charge in [-0.15, -0.1) is 0 Å². The molecule has 4 rings (SSSR count). The molecule has 0 bridgehead atoms. The summed E-state index contributed by atoms with van der Waals surface area (Å²) in [5.74, 6) is 2.77. The number of benzene rings is 3. The molecule has 3 aromatic rings. The quantitative estimate of drug-likeness (QED) is 0.462. The molecule has 1 aliphatic heterocycles. The van der Waals surface area contributed by atoms with Gasteiger partial charge in [-0.1, -0.05) is 30.3 Å². The molecule has 0 fully saturated rings. The first kappa shape index (κ1) is 24.5. The van der Waals surface area contributed by atoms with Gasteiger partial charge in [-0.2, -0.15) is 0 Å². The Morgan fingerprint density at radius 3 is 1.83 bits per heavy atom. The van der Waals surface area contributed by atoms with Crippen molar-refractivity contribution in [2.24, 2.45) is 0 Å². The van der Waals surface area contributed by atoms with Crippen LogP contribution >= 0.6 is 0 Å². The third-order valence-corrected chi connectivity index (χ3v) is 7.12. The summed E-state index contributed by atoms with van der Waals surface area (Å²) in [5.41, 5.74) is 6.06. The molecule has 6 heteroatoms. The van der Waals surface area contributed by atoms with Gasteiger partial charge in [0.2, 0.25) is 0 Å². The molecule has 1 atom stereocenters. The normalized spacial score (nSPS) is 17.3. The maximum Gasteiger partial charge on any atom is 0.161 e. The van der Waals surface area contributed by atoms with E-state index in [2.05, 4.69) is 80.3 Å². The van der Waals surface area contributed by atoms with E-state index in [0.29, 0.717) is 23.0 Å². The Kier molecular flexibility index (Phi) is 6.68. The Hall–Kier alpha value is -3.64. The smallest absolute Gasteiger partial charge is 0.161 e. The standard InChI is InChI=1S/C29H34N2O4/c1-29(30(2)3)22-18-26(35-8)25(34-7)17-21(22)27(19-12-10-9-11-13-19)28(31(29)4)20-14-15-23(32-5)24(16-20)33-6/h9-18H,1-8H3. The van der Waals surface area contributed by atoms with E-state index in [9.17, 15) is 0 Å². The second kappa shape index (κ2) is 9.55. The number of rotatable bonds is 7. The van der Waals surface area contributed by atoms with Crippen molar-refractivity contribution >= 4 is 11.3 Å². The highest BCUT2D eigenvalue weighted by atomic mass is 16.5. The van der Waals surface area contributed by atoms with Gasteiger partial charge in [0.25, 0.3) is 0 Å². The van der Waals surface area contributed by atoms with E-state index in [-0.39, 0.29) is 0 Å². The molecule has 1 aliphatic rings. The fourth-order valence-electron chi connectivity index (χ4n) is 4.93. The van der Waals surface area contributed by atoms with Gasteiger partial charge >= 0.3 is 0 Å². The van der Waals surface area contributed by atoms with Crippen molar-refractivity contribution in [3.05, 3.63) is 82.9 Å². The Labute approximate surface area is 208 Å². The van der Waals surface area contributed by atoms with E-state index in [1.165, 1.54) is 0 Å². The summed E-state index contributed by atoms with van der Waals surface area (Å²) < 4.78 is 22.6. The van der Waals surface area contributed by atoms with Crippen LogP contribution in [0.15, 0.2) is 60.7 Å². The minimum absolute atomic E-state index is 0.477. The molecule has 1 unspecified atom stereocenters. The van der Waals surface area contributed by atoms with Crippen LogP contribution in [0.1, 0.15) is 29.2 Å². The minimum Gasteiger partial charge on any atom is -0.493 e. The van der Waals surface area contributed by atoms with Crippen LogP contribution in [0.2, 0.25) is 0 Å². The second-order valence-electron chi connectivity index (χ2n) is 8.89. The van der Waals surface area contributed by atoms with E-state index in [4.69, 9.17) is 18.9 Å². The summed E-state index contributed by atoms with van der Waals surface area (Å²) in [5, 5.41) is 0. The average Bonchev–Trinajstić information content (AvgIpc) is 2.89. The Bertz CT molecular complexity index is 1250. The number of nitrogens with zero attached hydrogens (tertiary/aromatic N) is 2. The summed E-state index contributed by atoms with van der Waals surface area (Å²) in [4.78, 5) is 4.55. The lowest BCUT2D eigenvalue weighted by atomic mass is 9.79. The lowest BCUT2D eigenvalue weighted by Gasteiger charge is -2.51. The Morgan fingerprint density at radius 2 is 1.26 bits per heavy atom. The topological polar surface area (TPSA) is 43.4 Å². The van der Waals surface area contributed by atoms with Crippen molar-refractivity contribution in [2.75, 3.05) is 49.6 Å². The summed E-state index contributed by atoms with van der Waals surface area (Å²) in [6, 6.07) is 20.7. The monoisotopic (exact) mass is 474 g/mol. The third-order valence-electron chi connectivity index (χ3n) is 7.12. The van der Waals surface area contributed by atoms with E-state index in [1.54, 1.807) is 28.4 Å². The molecular weight excluding hydrogens is 440 g/mol. The zero-order chi connectivity index (χ0) is 25.3. The van der Waals surface area contributed by atoms with Crippen LogP contribution in [0.25, 0.3) is 11.3 Å². The third kappa shape index (κ3) is 3.88. The zero-order valence-electron chi connectivity index (χ0n) is 21.8. The summed E-state index contributed by atoms with van der Waals surface area (Å²) in [6.07, 6.45) is 0. The van der Waals surface area contributed by atoms with Crippen molar-refractivity contribution in [1.82, 2.24) is 9.80 Å². The number of ether oxygens (including phenoxy) is 4. The number of methoxy groups -OCH3 is 4. The molecule has 184 valence electrons. The highest BCUT2D eigenvalue weighted by Crippen LogP contribution is 2.51. The summed E-state index contributed by atoms with van der Waals surface area (Å²) in [7, 11) is 13.0. The van der Waals surface area contributed by atoms with Crippen LogP contribution in [0.4, 0.5) is 0 Å². The predicted molar refractivity (Wildman–Crippen MR) is 140 cm³/mol. The number of hydrogen-bond donors (Lipinski definition) is 0. The van der Waals surface area contributed by atoms with Gasteiger partial charge < -0.3 is 23.8 Å². The SMILES string of the molecule is COc1ccc(C2=C(c3ccccc3)c3cc(OC)c(OC)cc3C(C)(N(C)C)N2C)cc1OC. The molecule has 35 heavy (non-hydrogen) atoms. The number of hydrogen-bond acceptors (Lipinski definition) is 6. The van der Waals surface area contributed by atoms with E-state index in [1.807, 2.05) is 18.2 Å². The van der Waals surface area contributed by atoms with Gasteiger partial charge in [-0.05, 0) is 62.5 Å². The van der Waals surface area contributed by atoms with Crippen molar-refractivity contribution in [3.8, 4) is 23.0 Å². The molecule has 0 aliphatic carbocycles. The highest BCUT2D eigenvalue weighted by Gasteiger charge is 2.43. The van der Waals surface area contributed by atoms with Crippen molar-refractivity contribution < 1.29 is 18.9 Å². The fraction of sp³-hybridized carbons (Fsp3) is 0.310. The molecule has 0 N–H and O–H groups in total.